The van der Waals surface area contributed by atoms with E-state index in [1.807, 2.05) is 0 Å². The Morgan fingerprint density at radius 3 is 1.60 bits per heavy atom. The molecule has 0 saturated heterocycles. The molecule has 0 N–H and O–H groups in total. The minimum Gasteiger partial charge on any atom is -0.0671 e. The van der Waals surface area contributed by atoms with Crippen LogP contribution in [0.15, 0.2) is 0 Å². The number of hydrogen-bond acceptors (Lipinski definition) is 0. The van der Waals surface area contributed by atoms with Crippen LogP contribution in [-0.2, 0) is 0 Å². The highest BCUT2D eigenvalue weighted by Crippen LogP contribution is 2.73. The van der Waals surface area contributed by atoms with E-state index in [4.69, 9.17) is 7.85 Å². The molecule has 1 fully saturated rings. The fourth-order valence-electron chi connectivity index (χ4n) is 2.79. The molecule has 0 spiro atoms. The third kappa shape index (κ3) is 1.76. The second kappa shape index (κ2) is 3.05. The van der Waals surface area contributed by atoms with Crippen LogP contribution in [0.3, 0.4) is 0 Å². The summed E-state index contributed by atoms with van der Waals surface area (Å²) in [4.78, 5) is 0. The SMILES string of the molecule is [B]C(C)(CC1(C)C(C)C1(C)C)C(C)(C)C. The summed E-state index contributed by atoms with van der Waals surface area (Å²) in [5.74, 6) is 0.787. The molecule has 0 nitrogen and oxygen atoms in total. The molecule has 0 aromatic carbocycles. The molecular formula is C14H27B. The highest BCUT2D eigenvalue weighted by atomic mass is 14.7. The summed E-state index contributed by atoms with van der Waals surface area (Å²) in [6.45, 7) is 18.4. The third-order valence-corrected chi connectivity index (χ3v) is 5.87. The third-order valence-electron chi connectivity index (χ3n) is 5.87. The van der Waals surface area contributed by atoms with Crippen molar-refractivity contribution in [1.29, 1.82) is 0 Å². The van der Waals surface area contributed by atoms with Gasteiger partial charge in [0.25, 0.3) is 0 Å². The van der Waals surface area contributed by atoms with Gasteiger partial charge in [-0.2, -0.15) is 0 Å². The van der Waals surface area contributed by atoms with Crippen molar-refractivity contribution in [2.75, 3.05) is 0 Å². The van der Waals surface area contributed by atoms with Crippen LogP contribution in [0.4, 0.5) is 0 Å². The van der Waals surface area contributed by atoms with Gasteiger partial charge in [0, 0.05) is 0 Å². The average molecular weight is 206 g/mol. The first-order chi connectivity index (χ1) is 6.36. The maximum Gasteiger partial charge on any atom is 0.0749 e. The van der Waals surface area contributed by atoms with E-state index in [1.165, 1.54) is 0 Å². The average Bonchev–Trinajstić information content (AvgIpc) is 2.31. The maximum absolute atomic E-state index is 6.50. The Kier molecular flexibility index (Phi) is 2.67. The summed E-state index contributed by atoms with van der Waals surface area (Å²) in [6.07, 6.45) is 1.12. The Hall–Kier alpha value is 0.0649. The Morgan fingerprint density at radius 1 is 1.07 bits per heavy atom. The maximum atomic E-state index is 6.50. The lowest BCUT2D eigenvalue weighted by Crippen LogP contribution is -2.30. The fourth-order valence-corrected chi connectivity index (χ4v) is 2.79. The standard InChI is InChI=1S/C14H27B/c1-10-12(5,6)13(10,7)9-14(8,15)11(2,3)4/h10H,9H2,1-8H3. The monoisotopic (exact) mass is 206 g/mol. The van der Waals surface area contributed by atoms with Crippen molar-refractivity contribution >= 4 is 7.85 Å². The van der Waals surface area contributed by atoms with Crippen LogP contribution in [0.2, 0.25) is 5.31 Å². The summed E-state index contributed by atoms with van der Waals surface area (Å²) in [7, 11) is 6.50. The van der Waals surface area contributed by atoms with Gasteiger partial charge in [-0.25, -0.2) is 0 Å². The van der Waals surface area contributed by atoms with E-state index < -0.39 is 0 Å². The van der Waals surface area contributed by atoms with E-state index in [-0.39, 0.29) is 10.7 Å². The van der Waals surface area contributed by atoms with E-state index in [2.05, 4.69) is 55.4 Å². The molecule has 1 saturated carbocycles. The molecule has 0 aromatic heterocycles. The van der Waals surface area contributed by atoms with Crippen molar-refractivity contribution in [3.63, 3.8) is 0 Å². The summed E-state index contributed by atoms with van der Waals surface area (Å²) in [6, 6.07) is 0. The Morgan fingerprint density at radius 2 is 1.40 bits per heavy atom. The first kappa shape index (κ1) is 13.1. The van der Waals surface area contributed by atoms with Gasteiger partial charge in [0.1, 0.15) is 0 Å². The normalized spacial score (nSPS) is 38.5. The smallest absolute Gasteiger partial charge is 0.0671 e. The zero-order valence-corrected chi connectivity index (χ0v) is 11.9. The molecule has 1 heteroatoms. The van der Waals surface area contributed by atoms with Gasteiger partial charge in [-0.1, -0.05) is 60.7 Å². The van der Waals surface area contributed by atoms with Crippen LogP contribution >= 0.6 is 0 Å². The zero-order chi connectivity index (χ0) is 12.3. The molecule has 2 radical (unpaired) electrons. The predicted molar refractivity (Wildman–Crippen MR) is 69.2 cm³/mol. The molecule has 1 aliphatic carbocycles. The first-order valence-electron chi connectivity index (χ1n) is 6.15. The van der Waals surface area contributed by atoms with Crippen molar-refractivity contribution in [3.8, 4) is 0 Å². The Labute approximate surface area is 97.6 Å². The Bertz CT molecular complexity index is 241. The molecule has 0 heterocycles. The number of hydrogen-bond donors (Lipinski definition) is 0. The first-order valence-corrected chi connectivity index (χ1v) is 6.15. The molecular weight excluding hydrogens is 179 g/mol. The minimum atomic E-state index is -0.0796. The van der Waals surface area contributed by atoms with Gasteiger partial charge in [0.05, 0.1) is 7.85 Å². The van der Waals surface area contributed by atoms with Gasteiger partial charge in [-0.05, 0) is 28.6 Å². The van der Waals surface area contributed by atoms with E-state index in [0.29, 0.717) is 10.8 Å². The van der Waals surface area contributed by atoms with Crippen LogP contribution in [0, 0.1) is 22.2 Å². The number of rotatable bonds is 2. The van der Waals surface area contributed by atoms with Crippen molar-refractivity contribution in [2.24, 2.45) is 22.2 Å². The molecule has 3 atom stereocenters. The Balaban J connectivity index is 2.81. The van der Waals surface area contributed by atoms with Gasteiger partial charge in [0.2, 0.25) is 0 Å². The van der Waals surface area contributed by atoms with E-state index in [0.717, 1.165) is 12.3 Å². The molecule has 1 aliphatic rings. The van der Waals surface area contributed by atoms with Gasteiger partial charge in [0.15, 0.2) is 0 Å². The van der Waals surface area contributed by atoms with Gasteiger partial charge in [-0.3, -0.25) is 0 Å². The summed E-state index contributed by atoms with van der Waals surface area (Å²) in [5, 5.41) is -0.0796. The lowest BCUT2D eigenvalue weighted by Gasteiger charge is -2.42. The highest BCUT2D eigenvalue weighted by Gasteiger charge is 2.66. The lowest BCUT2D eigenvalue weighted by atomic mass is 9.51. The molecule has 3 unspecified atom stereocenters. The second-order valence-corrected chi connectivity index (χ2v) is 7.71. The molecule has 15 heavy (non-hydrogen) atoms. The molecule has 0 bridgehead atoms. The van der Waals surface area contributed by atoms with Crippen LogP contribution in [-0.4, -0.2) is 7.85 Å². The summed E-state index contributed by atoms with van der Waals surface area (Å²) < 4.78 is 0. The van der Waals surface area contributed by atoms with Gasteiger partial charge < -0.3 is 0 Å². The van der Waals surface area contributed by atoms with Crippen LogP contribution < -0.4 is 0 Å². The van der Waals surface area contributed by atoms with E-state index >= 15 is 0 Å². The van der Waals surface area contributed by atoms with Crippen LogP contribution in [0.5, 0.6) is 0 Å². The quantitative estimate of drug-likeness (QED) is 0.585. The van der Waals surface area contributed by atoms with Crippen molar-refractivity contribution in [3.05, 3.63) is 0 Å². The largest absolute Gasteiger partial charge is 0.0749 e. The van der Waals surface area contributed by atoms with Crippen molar-refractivity contribution < 1.29 is 0 Å². The van der Waals surface area contributed by atoms with Crippen LogP contribution in [0.25, 0.3) is 0 Å². The van der Waals surface area contributed by atoms with Crippen LogP contribution in [0.1, 0.15) is 61.8 Å². The molecule has 86 valence electrons. The highest BCUT2D eigenvalue weighted by molar-refractivity contribution is 6.15. The lowest BCUT2D eigenvalue weighted by molar-refractivity contribution is 0.209. The molecule has 0 amide bonds. The second-order valence-electron chi connectivity index (χ2n) is 7.71. The fraction of sp³-hybridized carbons (Fsp3) is 1.00. The molecule has 0 aliphatic heterocycles. The minimum absolute atomic E-state index is 0.0796. The topological polar surface area (TPSA) is 0 Å². The summed E-state index contributed by atoms with van der Waals surface area (Å²) in [5.41, 5.74) is 1.05. The predicted octanol–water partition coefficient (Wildman–Crippen LogP) is 4.45. The van der Waals surface area contributed by atoms with Gasteiger partial charge >= 0.3 is 0 Å². The summed E-state index contributed by atoms with van der Waals surface area (Å²) >= 11 is 0. The molecule has 1 rings (SSSR count). The molecule has 0 aromatic rings. The van der Waals surface area contributed by atoms with Gasteiger partial charge in [-0.15, -0.1) is 0 Å². The zero-order valence-electron chi connectivity index (χ0n) is 11.9. The van der Waals surface area contributed by atoms with Crippen molar-refractivity contribution in [2.45, 2.75) is 67.1 Å². The van der Waals surface area contributed by atoms with E-state index in [9.17, 15) is 0 Å². The van der Waals surface area contributed by atoms with E-state index in [1.54, 1.807) is 0 Å². The van der Waals surface area contributed by atoms with Crippen molar-refractivity contribution in [1.82, 2.24) is 0 Å².